The third-order valence-corrected chi connectivity index (χ3v) is 5.82. The van der Waals surface area contributed by atoms with Gasteiger partial charge in [0.2, 0.25) is 0 Å². The van der Waals surface area contributed by atoms with Crippen LogP contribution in [0.2, 0.25) is 0 Å². The van der Waals surface area contributed by atoms with Crippen LogP contribution in [0.1, 0.15) is 30.4 Å². The zero-order chi connectivity index (χ0) is 28.5. The number of hydrogen-bond acceptors (Lipinski definition) is 4. The van der Waals surface area contributed by atoms with Crippen molar-refractivity contribution in [3.05, 3.63) is 65.2 Å². The lowest BCUT2D eigenvalue weighted by atomic mass is 9.79. The molecule has 0 bridgehead atoms. The maximum absolute atomic E-state index is 14.5. The molecule has 15 heteroatoms. The van der Waals surface area contributed by atoms with Crippen LogP contribution in [0.25, 0.3) is 0 Å². The van der Waals surface area contributed by atoms with Crippen molar-refractivity contribution in [3.63, 3.8) is 0 Å². The van der Waals surface area contributed by atoms with Crippen molar-refractivity contribution in [2.75, 3.05) is 7.11 Å². The highest BCUT2D eigenvalue weighted by atomic mass is 19.4. The Kier molecular flexibility index (Phi) is 7.80. The summed E-state index contributed by atoms with van der Waals surface area (Å²) >= 11 is 0. The van der Waals surface area contributed by atoms with E-state index in [1.807, 2.05) is 0 Å². The van der Waals surface area contributed by atoms with Gasteiger partial charge in [0.1, 0.15) is 28.5 Å². The molecule has 0 aromatic heterocycles. The van der Waals surface area contributed by atoms with E-state index in [4.69, 9.17) is 0 Å². The number of esters is 1. The molecule has 38 heavy (non-hydrogen) atoms. The van der Waals surface area contributed by atoms with Crippen molar-refractivity contribution < 1.29 is 58.6 Å². The Hall–Kier alpha value is -3.65. The van der Waals surface area contributed by atoms with Crippen molar-refractivity contribution in [1.29, 1.82) is 0 Å². The second-order valence-corrected chi connectivity index (χ2v) is 8.46. The van der Waals surface area contributed by atoms with E-state index < -0.39 is 84.0 Å². The Bertz CT molecular complexity index is 1180. The van der Waals surface area contributed by atoms with E-state index in [0.29, 0.717) is 18.2 Å². The third-order valence-electron chi connectivity index (χ3n) is 5.82. The molecule has 1 aliphatic carbocycles. The number of methoxy groups -OCH3 is 1. The SMILES string of the molecule is COC(=O)C[C@@](NC(=O)NC1(C(F)(F)F)CC1)(c1ccc(F)cc1)c1cc(F)cc(OC(F)(F)C(F)F)c1. The molecule has 0 heterocycles. The summed E-state index contributed by atoms with van der Waals surface area (Å²) in [6.07, 6.45) is -16.2. The molecule has 1 saturated carbocycles. The second kappa shape index (κ2) is 10.3. The van der Waals surface area contributed by atoms with Gasteiger partial charge in [-0.2, -0.15) is 30.7 Å². The molecule has 0 radical (unpaired) electrons. The molecule has 2 aromatic rings. The van der Waals surface area contributed by atoms with Gasteiger partial charge in [-0.05, 0) is 48.2 Å². The van der Waals surface area contributed by atoms with E-state index in [-0.39, 0.29) is 5.56 Å². The van der Waals surface area contributed by atoms with E-state index in [1.165, 1.54) is 0 Å². The van der Waals surface area contributed by atoms with Gasteiger partial charge < -0.3 is 20.1 Å². The summed E-state index contributed by atoms with van der Waals surface area (Å²) in [5.74, 6) is -4.48. The number of amides is 2. The quantitative estimate of drug-likeness (QED) is 0.319. The van der Waals surface area contributed by atoms with E-state index in [2.05, 4.69) is 14.8 Å². The molecule has 1 fully saturated rings. The van der Waals surface area contributed by atoms with E-state index in [1.54, 1.807) is 5.32 Å². The first-order chi connectivity index (χ1) is 17.5. The fraction of sp³-hybridized carbons (Fsp3) is 0.391. The molecule has 0 aliphatic heterocycles. The Labute approximate surface area is 209 Å². The van der Waals surface area contributed by atoms with Gasteiger partial charge in [-0.15, -0.1) is 0 Å². The summed E-state index contributed by atoms with van der Waals surface area (Å²) in [7, 11) is 0.907. The summed E-state index contributed by atoms with van der Waals surface area (Å²) in [4.78, 5) is 25.2. The zero-order valence-electron chi connectivity index (χ0n) is 19.3. The van der Waals surface area contributed by atoms with Crippen LogP contribution in [0, 0.1) is 11.6 Å². The van der Waals surface area contributed by atoms with Gasteiger partial charge in [-0.3, -0.25) is 4.79 Å². The number of nitrogens with one attached hydrogen (secondary N) is 2. The predicted octanol–water partition coefficient (Wildman–Crippen LogP) is 5.40. The highest BCUT2D eigenvalue weighted by Gasteiger charge is 2.64. The average Bonchev–Trinajstić information content (AvgIpc) is 3.58. The molecule has 3 rings (SSSR count). The molecule has 1 atom stereocenters. The summed E-state index contributed by atoms with van der Waals surface area (Å²) in [5.41, 5.74) is -5.80. The molecule has 0 unspecified atom stereocenters. The van der Waals surface area contributed by atoms with Gasteiger partial charge in [-0.25, -0.2) is 13.6 Å². The fourth-order valence-electron chi connectivity index (χ4n) is 3.70. The van der Waals surface area contributed by atoms with Crippen LogP contribution in [0.3, 0.4) is 0 Å². The monoisotopic (exact) mass is 558 g/mol. The largest absolute Gasteiger partial charge is 0.469 e. The summed E-state index contributed by atoms with van der Waals surface area (Å²) in [6, 6.07) is 3.58. The van der Waals surface area contributed by atoms with E-state index in [0.717, 1.165) is 31.4 Å². The number of rotatable bonds is 9. The molecule has 1 aliphatic rings. The van der Waals surface area contributed by atoms with Crippen LogP contribution in [0.4, 0.5) is 44.3 Å². The van der Waals surface area contributed by atoms with Gasteiger partial charge in [0.25, 0.3) is 0 Å². The first kappa shape index (κ1) is 28.9. The number of urea groups is 1. The standard InChI is InChI=1S/C23H19F9N2O4/c1-37-17(35)11-21(12-2-4-14(24)5-3-12,34-19(36)33-20(6-7-20)23(30,31)32)13-8-15(25)10-16(9-13)38-22(28,29)18(26)27/h2-5,8-10,18H,6-7,11H2,1H3,(H2,33,34,36)/t21-/m1/s1. The average molecular weight is 558 g/mol. The van der Waals surface area contributed by atoms with Gasteiger partial charge in [0.15, 0.2) is 0 Å². The smallest absolute Gasteiger partial charge is 0.461 e. The lowest BCUT2D eigenvalue weighted by Gasteiger charge is -2.36. The number of hydrogen-bond donors (Lipinski definition) is 2. The number of ether oxygens (including phenoxy) is 2. The Balaban J connectivity index is 2.17. The zero-order valence-corrected chi connectivity index (χ0v) is 19.3. The van der Waals surface area contributed by atoms with E-state index in [9.17, 15) is 49.1 Å². The normalized spacial score (nSPS) is 16.4. The molecular formula is C23H19F9N2O4. The van der Waals surface area contributed by atoms with Crippen LogP contribution in [0.5, 0.6) is 5.75 Å². The van der Waals surface area contributed by atoms with Crippen LogP contribution in [-0.2, 0) is 15.1 Å². The van der Waals surface area contributed by atoms with Crippen molar-refractivity contribution in [2.45, 2.75) is 49.1 Å². The molecule has 0 spiro atoms. The number of halogens is 9. The summed E-state index contributed by atoms with van der Waals surface area (Å²) < 4.78 is 129. The highest BCUT2D eigenvalue weighted by Crippen LogP contribution is 2.49. The predicted molar refractivity (Wildman–Crippen MR) is 111 cm³/mol. The lowest BCUT2D eigenvalue weighted by molar-refractivity contribution is -0.253. The molecule has 0 saturated heterocycles. The first-order valence-corrected chi connectivity index (χ1v) is 10.7. The maximum atomic E-state index is 14.5. The van der Waals surface area contributed by atoms with Crippen molar-refractivity contribution in [1.82, 2.24) is 10.6 Å². The van der Waals surface area contributed by atoms with Crippen LogP contribution in [-0.4, -0.2) is 43.4 Å². The van der Waals surface area contributed by atoms with Crippen LogP contribution < -0.4 is 15.4 Å². The highest BCUT2D eigenvalue weighted by molar-refractivity contribution is 5.80. The van der Waals surface area contributed by atoms with Crippen LogP contribution in [0.15, 0.2) is 42.5 Å². The molecule has 2 N–H and O–H groups in total. The Morgan fingerprint density at radius 3 is 2.05 bits per heavy atom. The number of carbonyl (C=O) groups is 2. The minimum Gasteiger partial charge on any atom is -0.469 e. The van der Waals surface area contributed by atoms with Crippen LogP contribution >= 0.6 is 0 Å². The molecule has 208 valence electrons. The minimum atomic E-state index is -5.08. The Morgan fingerprint density at radius 2 is 1.55 bits per heavy atom. The van der Waals surface area contributed by atoms with Crippen molar-refractivity contribution >= 4 is 12.0 Å². The second-order valence-electron chi connectivity index (χ2n) is 8.46. The number of alkyl halides is 7. The lowest BCUT2D eigenvalue weighted by Crippen LogP contribution is -2.57. The van der Waals surface area contributed by atoms with Crippen molar-refractivity contribution in [2.24, 2.45) is 0 Å². The topological polar surface area (TPSA) is 76.7 Å². The van der Waals surface area contributed by atoms with Gasteiger partial charge >= 0.3 is 30.7 Å². The van der Waals surface area contributed by atoms with Crippen molar-refractivity contribution in [3.8, 4) is 5.75 Å². The minimum absolute atomic E-state index is 0.228. The molecular weight excluding hydrogens is 539 g/mol. The first-order valence-electron chi connectivity index (χ1n) is 10.7. The summed E-state index contributed by atoms with van der Waals surface area (Å²) in [6.45, 7) is 0. The van der Waals surface area contributed by atoms with Gasteiger partial charge in [0.05, 0.1) is 13.5 Å². The molecule has 2 aromatic carbocycles. The number of benzene rings is 2. The Morgan fingerprint density at radius 1 is 0.947 bits per heavy atom. The van der Waals surface area contributed by atoms with Gasteiger partial charge in [0, 0.05) is 6.07 Å². The van der Waals surface area contributed by atoms with Gasteiger partial charge in [-0.1, -0.05) is 12.1 Å². The molecule has 6 nitrogen and oxygen atoms in total. The fourth-order valence-corrected chi connectivity index (χ4v) is 3.70. The maximum Gasteiger partial charge on any atom is 0.461 e. The van der Waals surface area contributed by atoms with E-state index >= 15 is 0 Å². The molecule has 2 amide bonds. The summed E-state index contributed by atoms with van der Waals surface area (Å²) in [5, 5.41) is 3.87. The number of carbonyl (C=O) groups excluding carboxylic acids is 2. The third kappa shape index (κ3) is 6.07.